The van der Waals surface area contributed by atoms with Gasteiger partial charge in [0.1, 0.15) is 5.75 Å². The SMILES string of the molecule is O=C(O)COc1ccc(Cl)cc1-c1ccc(C(=O)N2CCC2)c(Cl)c1. The predicted octanol–water partition coefficient (Wildman–Crippen LogP) is 3.97. The van der Waals surface area contributed by atoms with E-state index in [1.807, 2.05) is 0 Å². The molecule has 5 nitrogen and oxygen atoms in total. The van der Waals surface area contributed by atoms with Crippen LogP contribution in [0.2, 0.25) is 10.0 Å². The van der Waals surface area contributed by atoms with Gasteiger partial charge in [-0.2, -0.15) is 0 Å². The van der Waals surface area contributed by atoms with Crippen molar-refractivity contribution in [2.45, 2.75) is 6.42 Å². The van der Waals surface area contributed by atoms with Crippen molar-refractivity contribution in [2.75, 3.05) is 19.7 Å². The minimum Gasteiger partial charge on any atom is -0.481 e. The Labute approximate surface area is 154 Å². The first-order chi connectivity index (χ1) is 12.0. The van der Waals surface area contributed by atoms with Crippen LogP contribution < -0.4 is 4.74 Å². The smallest absolute Gasteiger partial charge is 0.341 e. The van der Waals surface area contributed by atoms with Crippen molar-refractivity contribution in [1.29, 1.82) is 0 Å². The predicted molar refractivity (Wildman–Crippen MR) is 95.5 cm³/mol. The van der Waals surface area contributed by atoms with Crippen molar-refractivity contribution in [3.63, 3.8) is 0 Å². The molecule has 0 aliphatic carbocycles. The van der Waals surface area contributed by atoms with E-state index < -0.39 is 12.6 Å². The molecular weight excluding hydrogens is 365 g/mol. The summed E-state index contributed by atoms with van der Waals surface area (Å²) in [7, 11) is 0. The topological polar surface area (TPSA) is 66.8 Å². The van der Waals surface area contributed by atoms with Crippen molar-refractivity contribution in [2.24, 2.45) is 0 Å². The van der Waals surface area contributed by atoms with Gasteiger partial charge in [0.15, 0.2) is 6.61 Å². The van der Waals surface area contributed by atoms with Crippen LogP contribution in [0.4, 0.5) is 0 Å². The number of hydrogen-bond donors (Lipinski definition) is 1. The Morgan fingerprint density at radius 1 is 1.12 bits per heavy atom. The average Bonchev–Trinajstić information content (AvgIpc) is 2.51. The second-order valence-corrected chi connectivity index (χ2v) is 6.51. The van der Waals surface area contributed by atoms with Gasteiger partial charge in [-0.05, 0) is 42.3 Å². The molecule has 0 saturated carbocycles. The van der Waals surface area contributed by atoms with E-state index >= 15 is 0 Å². The van der Waals surface area contributed by atoms with Gasteiger partial charge in [0.25, 0.3) is 5.91 Å². The van der Waals surface area contributed by atoms with Crippen LogP contribution in [0, 0.1) is 0 Å². The van der Waals surface area contributed by atoms with Crippen LogP contribution in [0.3, 0.4) is 0 Å². The number of carboxylic acid groups (broad SMARTS) is 1. The molecule has 1 heterocycles. The van der Waals surface area contributed by atoms with Gasteiger partial charge < -0.3 is 14.7 Å². The molecule has 0 bridgehead atoms. The third kappa shape index (κ3) is 3.89. The highest BCUT2D eigenvalue weighted by atomic mass is 35.5. The zero-order valence-electron chi connectivity index (χ0n) is 13.2. The van der Waals surface area contributed by atoms with E-state index in [1.54, 1.807) is 41.3 Å². The van der Waals surface area contributed by atoms with Crippen LogP contribution in [-0.2, 0) is 4.79 Å². The number of carbonyl (C=O) groups excluding carboxylic acids is 1. The molecule has 1 aliphatic rings. The third-order valence-corrected chi connectivity index (χ3v) is 4.49. The molecule has 0 unspecified atom stereocenters. The highest BCUT2D eigenvalue weighted by molar-refractivity contribution is 6.34. The Hall–Kier alpha value is -2.24. The van der Waals surface area contributed by atoms with Gasteiger partial charge in [0.05, 0.1) is 10.6 Å². The first-order valence-electron chi connectivity index (χ1n) is 7.69. The molecule has 1 amide bonds. The van der Waals surface area contributed by atoms with Gasteiger partial charge in [0, 0.05) is 23.7 Å². The van der Waals surface area contributed by atoms with Gasteiger partial charge in [-0.25, -0.2) is 4.79 Å². The molecule has 3 rings (SSSR count). The van der Waals surface area contributed by atoms with Gasteiger partial charge in [-0.15, -0.1) is 0 Å². The van der Waals surface area contributed by atoms with Crippen LogP contribution in [0.25, 0.3) is 11.1 Å². The summed E-state index contributed by atoms with van der Waals surface area (Å²) >= 11 is 12.4. The van der Waals surface area contributed by atoms with E-state index in [2.05, 4.69) is 0 Å². The van der Waals surface area contributed by atoms with Gasteiger partial charge in [0.2, 0.25) is 0 Å². The summed E-state index contributed by atoms with van der Waals surface area (Å²) in [5.74, 6) is -0.782. The number of benzene rings is 2. The average molecular weight is 380 g/mol. The minimum absolute atomic E-state index is 0.0868. The fourth-order valence-corrected chi connectivity index (χ4v) is 2.97. The summed E-state index contributed by atoms with van der Waals surface area (Å²) in [4.78, 5) is 24.8. The summed E-state index contributed by atoms with van der Waals surface area (Å²) in [6, 6.07) is 9.97. The van der Waals surface area contributed by atoms with Crippen LogP contribution in [0.15, 0.2) is 36.4 Å². The number of carbonyl (C=O) groups is 2. The van der Waals surface area contributed by atoms with E-state index in [0.29, 0.717) is 32.5 Å². The quantitative estimate of drug-likeness (QED) is 0.853. The molecular formula is C18H15Cl2NO4. The largest absolute Gasteiger partial charge is 0.481 e. The summed E-state index contributed by atoms with van der Waals surface area (Å²) in [5, 5.41) is 9.61. The monoisotopic (exact) mass is 379 g/mol. The molecule has 130 valence electrons. The molecule has 7 heteroatoms. The van der Waals surface area contributed by atoms with Crippen molar-refractivity contribution >= 4 is 35.1 Å². The van der Waals surface area contributed by atoms with E-state index in [-0.39, 0.29) is 5.91 Å². The van der Waals surface area contributed by atoms with Gasteiger partial charge in [-0.3, -0.25) is 4.79 Å². The highest BCUT2D eigenvalue weighted by Crippen LogP contribution is 2.35. The minimum atomic E-state index is -1.07. The Balaban J connectivity index is 1.93. The standard InChI is InChI=1S/C18H15Cl2NO4/c19-12-3-5-16(25-10-17(22)23)14(9-12)11-2-4-13(15(20)8-11)18(24)21-6-1-7-21/h2-5,8-9H,1,6-7,10H2,(H,22,23). The number of halogens is 2. The van der Waals surface area contributed by atoms with E-state index in [0.717, 1.165) is 19.5 Å². The molecule has 1 aliphatic heterocycles. The Kier molecular flexibility index (Phi) is 5.16. The van der Waals surface area contributed by atoms with Crippen molar-refractivity contribution in [3.05, 3.63) is 52.0 Å². The normalized spacial score (nSPS) is 13.3. The first kappa shape index (κ1) is 17.6. The highest BCUT2D eigenvalue weighted by Gasteiger charge is 2.23. The Bertz CT molecular complexity index is 834. The molecule has 1 N–H and O–H groups in total. The maximum Gasteiger partial charge on any atom is 0.341 e. The zero-order valence-corrected chi connectivity index (χ0v) is 14.7. The number of amides is 1. The maximum atomic E-state index is 12.3. The van der Waals surface area contributed by atoms with E-state index in [4.69, 9.17) is 33.0 Å². The van der Waals surface area contributed by atoms with Gasteiger partial charge in [-0.1, -0.05) is 29.3 Å². The fraction of sp³-hybridized carbons (Fsp3) is 0.222. The molecule has 1 fully saturated rings. The Morgan fingerprint density at radius 3 is 2.48 bits per heavy atom. The van der Waals surface area contributed by atoms with Gasteiger partial charge >= 0.3 is 5.97 Å². The van der Waals surface area contributed by atoms with Crippen molar-refractivity contribution < 1.29 is 19.4 Å². The third-order valence-electron chi connectivity index (χ3n) is 3.95. The number of aliphatic carboxylic acids is 1. The van der Waals surface area contributed by atoms with Crippen LogP contribution in [0.1, 0.15) is 16.8 Å². The van der Waals surface area contributed by atoms with Crippen molar-refractivity contribution in [1.82, 2.24) is 4.90 Å². The molecule has 0 radical (unpaired) electrons. The fourth-order valence-electron chi connectivity index (χ4n) is 2.54. The second kappa shape index (κ2) is 7.33. The summed E-state index contributed by atoms with van der Waals surface area (Å²) in [6.07, 6.45) is 1.01. The number of likely N-dealkylation sites (tertiary alicyclic amines) is 1. The molecule has 1 saturated heterocycles. The molecule has 2 aromatic carbocycles. The lowest BCUT2D eigenvalue weighted by atomic mass is 10.0. The van der Waals surface area contributed by atoms with E-state index in [1.165, 1.54) is 0 Å². The molecule has 0 spiro atoms. The van der Waals surface area contributed by atoms with E-state index in [9.17, 15) is 9.59 Å². The van der Waals surface area contributed by atoms with Crippen LogP contribution >= 0.6 is 23.2 Å². The molecule has 2 aromatic rings. The lowest BCUT2D eigenvalue weighted by Gasteiger charge is -2.31. The number of nitrogens with zero attached hydrogens (tertiary/aromatic N) is 1. The maximum absolute atomic E-state index is 12.3. The summed E-state index contributed by atoms with van der Waals surface area (Å²) in [5.41, 5.74) is 1.74. The summed E-state index contributed by atoms with van der Waals surface area (Å²) < 4.78 is 5.31. The first-order valence-corrected chi connectivity index (χ1v) is 8.44. The van der Waals surface area contributed by atoms with Crippen LogP contribution in [-0.4, -0.2) is 41.6 Å². The lowest BCUT2D eigenvalue weighted by molar-refractivity contribution is -0.139. The summed E-state index contributed by atoms with van der Waals surface area (Å²) in [6.45, 7) is 1.03. The molecule has 25 heavy (non-hydrogen) atoms. The number of carboxylic acids is 1. The Morgan fingerprint density at radius 2 is 1.88 bits per heavy atom. The van der Waals surface area contributed by atoms with Crippen LogP contribution in [0.5, 0.6) is 5.75 Å². The molecule has 0 aromatic heterocycles. The molecule has 0 atom stereocenters. The second-order valence-electron chi connectivity index (χ2n) is 5.66. The lowest BCUT2D eigenvalue weighted by Crippen LogP contribution is -2.42. The zero-order chi connectivity index (χ0) is 18.0. The van der Waals surface area contributed by atoms with Crippen molar-refractivity contribution in [3.8, 4) is 16.9 Å². The number of rotatable bonds is 5. The number of ether oxygens (including phenoxy) is 1. The number of hydrogen-bond acceptors (Lipinski definition) is 3.